The first-order valence-corrected chi connectivity index (χ1v) is 11.1. The lowest BCUT2D eigenvalue weighted by Gasteiger charge is -2.36. The van der Waals surface area contributed by atoms with Crippen molar-refractivity contribution in [3.05, 3.63) is 58.4 Å². The van der Waals surface area contributed by atoms with E-state index in [-0.39, 0.29) is 5.97 Å². The number of benzene rings is 1. The number of methoxy groups -OCH3 is 1. The molecule has 0 aliphatic carbocycles. The molecule has 2 aromatic rings. The molecule has 0 radical (unpaired) electrons. The third-order valence-corrected chi connectivity index (χ3v) is 6.30. The summed E-state index contributed by atoms with van der Waals surface area (Å²) in [7, 11) is 1.62. The minimum Gasteiger partial charge on any atom is -0.496 e. The van der Waals surface area contributed by atoms with E-state index in [1.807, 2.05) is 19.1 Å². The van der Waals surface area contributed by atoms with Gasteiger partial charge in [0.05, 0.1) is 31.1 Å². The van der Waals surface area contributed by atoms with Gasteiger partial charge in [-0.3, -0.25) is 14.8 Å². The van der Waals surface area contributed by atoms with Crippen molar-refractivity contribution in [1.29, 1.82) is 0 Å². The zero-order valence-electron chi connectivity index (χ0n) is 18.7. The Kier molecular flexibility index (Phi) is 7.05. The Hall–Kier alpha value is -2.52. The predicted octanol–water partition coefficient (Wildman–Crippen LogP) is 1.50. The molecule has 8 nitrogen and oxygen atoms in total. The lowest BCUT2D eigenvalue weighted by molar-refractivity contribution is 0.0463. The molecule has 2 unspecified atom stereocenters. The second-order valence-corrected chi connectivity index (χ2v) is 8.51. The van der Waals surface area contributed by atoms with Gasteiger partial charge in [0.15, 0.2) is 0 Å². The smallest absolute Gasteiger partial charge is 0.338 e. The highest BCUT2D eigenvalue weighted by molar-refractivity contribution is 5.92. The Labute approximate surface area is 188 Å². The Morgan fingerprint density at radius 3 is 2.47 bits per heavy atom. The molecule has 0 amide bonds. The van der Waals surface area contributed by atoms with Crippen molar-refractivity contribution in [3.8, 4) is 5.75 Å². The van der Waals surface area contributed by atoms with Crippen LogP contribution in [0.2, 0.25) is 0 Å². The monoisotopic (exact) mass is 441 g/mol. The molecule has 4 rings (SSSR count). The first-order chi connectivity index (χ1) is 15.4. The molecule has 32 heavy (non-hydrogen) atoms. The number of hydrogen-bond donors (Lipinski definition) is 2. The van der Waals surface area contributed by atoms with Crippen LogP contribution in [0.15, 0.2) is 30.5 Å². The molecule has 1 aromatic heterocycles. The minimum atomic E-state index is -0.677. The number of aliphatic hydroxyl groups is 2. The van der Waals surface area contributed by atoms with Gasteiger partial charge in [0, 0.05) is 63.5 Å². The molecular weight excluding hydrogens is 410 g/mol. The fourth-order valence-corrected chi connectivity index (χ4v) is 4.32. The van der Waals surface area contributed by atoms with E-state index in [0.29, 0.717) is 37.4 Å². The van der Waals surface area contributed by atoms with Crippen LogP contribution in [-0.2, 0) is 11.2 Å². The summed E-state index contributed by atoms with van der Waals surface area (Å²) in [6, 6.07) is 7.29. The summed E-state index contributed by atoms with van der Waals surface area (Å²) < 4.78 is 10.4. The van der Waals surface area contributed by atoms with Crippen LogP contribution in [0.1, 0.15) is 45.0 Å². The summed E-state index contributed by atoms with van der Waals surface area (Å²) in [5.74, 6) is 0.441. The number of β-amino-alcohol motifs (C(OH)–C–C–N with tert-alkyl or cyclic N) is 2. The van der Waals surface area contributed by atoms with Crippen molar-refractivity contribution in [2.45, 2.75) is 25.6 Å². The van der Waals surface area contributed by atoms with Gasteiger partial charge in [-0.2, -0.15) is 0 Å². The van der Waals surface area contributed by atoms with Crippen LogP contribution in [0.4, 0.5) is 0 Å². The number of cyclic esters (lactones) is 1. The third kappa shape index (κ3) is 5.10. The standard InChI is InChI=1S/C24H31N3O5/c1-16-13-25-20(12-23(16)31-2)22(29)15-27-8-6-26(7-9-27)14-21(28)18-3-4-19-17(11-18)5-10-32-24(19)30/h3-4,11-13,21-22,28-29H,5-10,14-15H2,1-2H3. The molecule has 172 valence electrons. The van der Waals surface area contributed by atoms with Gasteiger partial charge in [-0.15, -0.1) is 0 Å². The minimum absolute atomic E-state index is 0.287. The first kappa shape index (κ1) is 22.7. The van der Waals surface area contributed by atoms with Gasteiger partial charge >= 0.3 is 5.97 Å². The molecule has 2 N–H and O–H groups in total. The highest BCUT2D eigenvalue weighted by Gasteiger charge is 2.24. The van der Waals surface area contributed by atoms with E-state index < -0.39 is 12.2 Å². The van der Waals surface area contributed by atoms with Crippen molar-refractivity contribution >= 4 is 5.97 Å². The number of pyridine rings is 1. The second-order valence-electron chi connectivity index (χ2n) is 8.51. The Balaban J connectivity index is 1.28. The number of piperazine rings is 1. The van der Waals surface area contributed by atoms with Gasteiger partial charge in [-0.1, -0.05) is 12.1 Å². The molecule has 0 bridgehead atoms. The fraction of sp³-hybridized carbons (Fsp3) is 0.500. The average Bonchev–Trinajstić information content (AvgIpc) is 2.80. The van der Waals surface area contributed by atoms with Crippen LogP contribution in [0.5, 0.6) is 5.75 Å². The molecule has 2 aliphatic heterocycles. The van der Waals surface area contributed by atoms with Crippen LogP contribution < -0.4 is 4.74 Å². The Bertz CT molecular complexity index is 959. The summed E-state index contributed by atoms with van der Waals surface area (Å²) >= 11 is 0. The quantitative estimate of drug-likeness (QED) is 0.624. The number of esters is 1. The number of rotatable bonds is 7. The number of fused-ring (bicyclic) bond motifs is 1. The lowest BCUT2D eigenvalue weighted by atomic mass is 9.97. The molecule has 2 aliphatic rings. The molecule has 8 heteroatoms. The number of hydrogen-bond acceptors (Lipinski definition) is 8. The lowest BCUT2D eigenvalue weighted by Crippen LogP contribution is -2.48. The first-order valence-electron chi connectivity index (χ1n) is 11.1. The number of aliphatic hydroxyl groups excluding tert-OH is 2. The number of aryl methyl sites for hydroxylation is 1. The van der Waals surface area contributed by atoms with Crippen molar-refractivity contribution < 1.29 is 24.5 Å². The topological polar surface area (TPSA) is 95.4 Å². The molecule has 0 saturated carbocycles. The van der Waals surface area contributed by atoms with Crippen molar-refractivity contribution in [3.63, 3.8) is 0 Å². The largest absolute Gasteiger partial charge is 0.496 e. The third-order valence-electron chi connectivity index (χ3n) is 6.30. The SMILES string of the molecule is COc1cc(C(O)CN2CCN(CC(O)c3ccc4c(c3)CCOC4=O)CC2)ncc1C. The summed E-state index contributed by atoms with van der Waals surface area (Å²) in [4.78, 5) is 20.6. The number of aromatic nitrogens is 1. The normalized spacial score (nSPS) is 19.2. The van der Waals surface area contributed by atoms with Crippen LogP contribution in [0.25, 0.3) is 0 Å². The number of carbonyl (C=O) groups excluding carboxylic acids is 1. The van der Waals surface area contributed by atoms with E-state index >= 15 is 0 Å². The maximum atomic E-state index is 11.8. The van der Waals surface area contributed by atoms with E-state index in [1.165, 1.54) is 0 Å². The highest BCUT2D eigenvalue weighted by Crippen LogP contribution is 2.24. The maximum absolute atomic E-state index is 11.8. The van der Waals surface area contributed by atoms with Crippen molar-refractivity contribution in [1.82, 2.24) is 14.8 Å². The molecular formula is C24H31N3O5. The Morgan fingerprint density at radius 2 is 1.78 bits per heavy atom. The summed E-state index contributed by atoms with van der Waals surface area (Å²) in [6.07, 6.45) is 1.12. The molecule has 1 fully saturated rings. The van der Waals surface area contributed by atoms with E-state index in [4.69, 9.17) is 9.47 Å². The number of carbonyl (C=O) groups is 1. The van der Waals surface area contributed by atoms with Gasteiger partial charge in [-0.25, -0.2) is 4.79 Å². The predicted molar refractivity (Wildman–Crippen MR) is 119 cm³/mol. The molecule has 0 spiro atoms. The maximum Gasteiger partial charge on any atom is 0.338 e. The van der Waals surface area contributed by atoms with E-state index in [9.17, 15) is 15.0 Å². The number of nitrogens with zero attached hydrogens (tertiary/aromatic N) is 3. The van der Waals surface area contributed by atoms with E-state index in [2.05, 4.69) is 14.8 Å². The molecule has 3 heterocycles. The number of ether oxygens (including phenoxy) is 2. The summed E-state index contributed by atoms with van der Waals surface area (Å²) in [6.45, 7) is 6.60. The van der Waals surface area contributed by atoms with Gasteiger partial charge in [0.1, 0.15) is 11.9 Å². The summed E-state index contributed by atoms with van der Waals surface area (Å²) in [5.41, 5.74) is 3.92. The van der Waals surface area contributed by atoms with Crippen LogP contribution in [0, 0.1) is 6.92 Å². The van der Waals surface area contributed by atoms with Crippen LogP contribution in [0.3, 0.4) is 0 Å². The zero-order valence-corrected chi connectivity index (χ0v) is 18.7. The molecule has 1 aromatic carbocycles. The highest BCUT2D eigenvalue weighted by atomic mass is 16.5. The van der Waals surface area contributed by atoms with Gasteiger partial charge < -0.3 is 19.7 Å². The van der Waals surface area contributed by atoms with E-state index in [1.54, 1.807) is 25.4 Å². The molecule has 2 atom stereocenters. The zero-order chi connectivity index (χ0) is 22.7. The van der Waals surface area contributed by atoms with E-state index in [0.717, 1.165) is 48.6 Å². The van der Waals surface area contributed by atoms with Crippen molar-refractivity contribution in [2.24, 2.45) is 0 Å². The Morgan fingerprint density at radius 1 is 1.09 bits per heavy atom. The van der Waals surface area contributed by atoms with Gasteiger partial charge in [-0.05, 0) is 24.1 Å². The second kappa shape index (κ2) is 9.95. The van der Waals surface area contributed by atoms with Gasteiger partial charge in [0.2, 0.25) is 0 Å². The summed E-state index contributed by atoms with van der Waals surface area (Å²) in [5, 5.41) is 21.4. The fourth-order valence-electron chi connectivity index (χ4n) is 4.32. The van der Waals surface area contributed by atoms with Crippen molar-refractivity contribution in [2.75, 3.05) is 53.0 Å². The van der Waals surface area contributed by atoms with Crippen LogP contribution in [-0.4, -0.2) is 84.0 Å². The molecule has 1 saturated heterocycles. The average molecular weight is 442 g/mol. The van der Waals surface area contributed by atoms with Crippen LogP contribution >= 0.6 is 0 Å². The van der Waals surface area contributed by atoms with Gasteiger partial charge in [0.25, 0.3) is 0 Å².